The molecular formula is C14H18N4O2S. The van der Waals surface area contributed by atoms with E-state index in [9.17, 15) is 10.1 Å². The summed E-state index contributed by atoms with van der Waals surface area (Å²) in [4.78, 5) is 10.4. The van der Waals surface area contributed by atoms with Crippen LogP contribution < -0.4 is 5.32 Å². The Bertz CT molecular complexity index is 640. The Balaban J connectivity index is 2.12. The normalized spacial score (nSPS) is 11.0. The van der Waals surface area contributed by atoms with Gasteiger partial charge in [0.1, 0.15) is 10.0 Å². The van der Waals surface area contributed by atoms with Gasteiger partial charge in [0.2, 0.25) is 0 Å². The summed E-state index contributed by atoms with van der Waals surface area (Å²) in [5.41, 5.74) is 1.83. The lowest BCUT2D eigenvalue weighted by atomic mass is 10.1. The third-order valence-corrected chi connectivity index (χ3v) is 3.90. The predicted molar refractivity (Wildman–Crippen MR) is 83.3 cm³/mol. The van der Waals surface area contributed by atoms with Crippen LogP contribution in [0.4, 0.5) is 5.69 Å². The molecule has 1 heterocycles. The van der Waals surface area contributed by atoms with Crippen LogP contribution >= 0.6 is 11.3 Å². The molecule has 1 aromatic heterocycles. The van der Waals surface area contributed by atoms with E-state index in [1.807, 2.05) is 6.92 Å². The number of nitro groups is 1. The maximum absolute atomic E-state index is 10.8. The van der Waals surface area contributed by atoms with Gasteiger partial charge in [-0.1, -0.05) is 25.2 Å². The van der Waals surface area contributed by atoms with E-state index in [1.54, 1.807) is 12.1 Å². The maximum Gasteiger partial charge on any atom is 0.269 e. The molecule has 0 saturated heterocycles. The van der Waals surface area contributed by atoms with E-state index < -0.39 is 4.92 Å². The fourth-order valence-corrected chi connectivity index (χ4v) is 2.80. The van der Waals surface area contributed by atoms with Crippen molar-refractivity contribution in [3.8, 4) is 10.6 Å². The summed E-state index contributed by atoms with van der Waals surface area (Å²) in [6, 6.07) is 4.80. The average Bonchev–Trinajstić information content (AvgIpc) is 2.86. The molecule has 0 fully saturated rings. The second-order valence-electron chi connectivity index (χ2n) is 5.28. The molecule has 0 aliphatic rings. The van der Waals surface area contributed by atoms with Crippen molar-refractivity contribution in [2.75, 3.05) is 6.54 Å². The van der Waals surface area contributed by atoms with Crippen LogP contribution in [0.25, 0.3) is 10.6 Å². The molecule has 0 bridgehead atoms. The molecule has 2 rings (SSSR count). The first-order chi connectivity index (χ1) is 9.97. The van der Waals surface area contributed by atoms with Gasteiger partial charge in [0.25, 0.3) is 5.69 Å². The van der Waals surface area contributed by atoms with E-state index >= 15 is 0 Å². The minimum Gasteiger partial charge on any atom is -0.310 e. The largest absolute Gasteiger partial charge is 0.310 e. The van der Waals surface area contributed by atoms with Gasteiger partial charge < -0.3 is 5.32 Å². The molecule has 0 radical (unpaired) electrons. The van der Waals surface area contributed by atoms with Crippen LogP contribution in [0.3, 0.4) is 0 Å². The Morgan fingerprint density at radius 1 is 1.38 bits per heavy atom. The number of aryl methyl sites for hydroxylation is 1. The number of nitrogens with one attached hydrogen (secondary N) is 1. The standard InChI is InChI=1S/C14H18N4O2S/c1-9(2)7-15-8-13-16-17-14(21-13)12-5-4-11(18(19)20)6-10(12)3/h4-6,9,15H,7-8H2,1-3H3. The summed E-state index contributed by atoms with van der Waals surface area (Å²) in [6.07, 6.45) is 0. The summed E-state index contributed by atoms with van der Waals surface area (Å²) < 4.78 is 0. The van der Waals surface area contributed by atoms with Gasteiger partial charge in [-0.05, 0) is 31.0 Å². The molecule has 1 N–H and O–H groups in total. The first kappa shape index (κ1) is 15.5. The number of hydrogen-bond acceptors (Lipinski definition) is 6. The molecule has 0 amide bonds. The van der Waals surface area contributed by atoms with Crippen LogP contribution in [0.15, 0.2) is 18.2 Å². The van der Waals surface area contributed by atoms with Gasteiger partial charge in [0, 0.05) is 24.2 Å². The van der Waals surface area contributed by atoms with Gasteiger partial charge in [-0.15, -0.1) is 10.2 Å². The van der Waals surface area contributed by atoms with Gasteiger partial charge in [-0.2, -0.15) is 0 Å². The van der Waals surface area contributed by atoms with Crippen molar-refractivity contribution in [3.05, 3.63) is 38.9 Å². The van der Waals surface area contributed by atoms with Crippen LogP contribution in [0.1, 0.15) is 24.4 Å². The van der Waals surface area contributed by atoms with E-state index in [-0.39, 0.29) is 5.69 Å². The van der Waals surface area contributed by atoms with Gasteiger partial charge in [-0.25, -0.2) is 0 Å². The first-order valence-corrected chi connectivity index (χ1v) is 7.57. The zero-order valence-electron chi connectivity index (χ0n) is 12.3. The summed E-state index contributed by atoms with van der Waals surface area (Å²) in [6.45, 7) is 7.78. The van der Waals surface area contributed by atoms with Crippen molar-refractivity contribution in [1.82, 2.24) is 15.5 Å². The molecule has 0 spiro atoms. The monoisotopic (exact) mass is 306 g/mol. The quantitative estimate of drug-likeness (QED) is 0.655. The molecule has 21 heavy (non-hydrogen) atoms. The van der Waals surface area contributed by atoms with Gasteiger partial charge >= 0.3 is 0 Å². The highest BCUT2D eigenvalue weighted by atomic mass is 32.1. The van der Waals surface area contributed by atoms with Crippen LogP contribution in [-0.2, 0) is 6.54 Å². The second-order valence-corrected chi connectivity index (χ2v) is 6.34. The molecule has 112 valence electrons. The predicted octanol–water partition coefficient (Wildman–Crippen LogP) is 3.17. The molecule has 2 aromatic rings. The minimum absolute atomic E-state index is 0.0968. The second kappa shape index (κ2) is 6.73. The Kier molecular flexibility index (Phi) is 4.98. The molecule has 0 aliphatic heterocycles. The fraction of sp³-hybridized carbons (Fsp3) is 0.429. The number of nitro benzene ring substituents is 1. The minimum atomic E-state index is -0.391. The number of rotatable bonds is 6. The van der Waals surface area contributed by atoms with Gasteiger partial charge in [0.15, 0.2) is 0 Å². The number of non-ortho nitro benzene ring substituents is 1. The zero-order valence-corrected chi connectivity index (χ0v) is 13.1. The lowest BCUT2D eigenvalue weighted by molar-refractivity contribution is -0.384. The summed E-state index contributed by atoms with van der Waals surface area (Å²) in [7, 11) is 0. The average molecular weight is 306 g/mol. The highest BCUT2D eigenvalue weighted by molar-refractivity contribution is 7.14. The van der Waals surface area contributed by atoms with Crippen molar-refractivity contribution in [1.29, 1.82) is 0 Å². The Hall–Kier alpha value is -1.86. The van der Waals surface area contributed by atoms with Crippen LogP contribution in [0, 0.1) is 23.0 Å². The number of aromatic nitrogens is 2. The molecule has 0 unspecified atom stereocenters. The van der Waals surface area contributed by atoms with Gasteiger partial charge in [-0.3, -0.25) is 10.1 Å². The van der Waals surface area contributed by atoms with E-state index in [4.69, 9.17) is 0 Å². The molecular weight excluding hydrogens is 288 g/mol. The van der Waals surface area contributed by atoms with Crippen LogP contribution in [0.5, 0.6) is 0 Å². The fourth-order valence-electron chi connectivity index (χ4n) is 1.90. The highest BCUT2D eigenvalue weighted by Gasteiger charge is 2.13. The molecule has 0 atom stereocenters. The molecule has 7 heteroatoms. The lowest BCUT2D eigenvalue weighted by Crippen LogP contribution is -2.18. The molecule has 6 nitrogen and oxygen atoms in total. The lowest BCUT2D eigenvalue weighted by Gasteiger charge is -2.04. The van der Waals surface area contributed by atoms with Gasteiger partial charge in [0.05, 0.1) is 4.92 Å². The Labute approximate surface area is 127 Å². The maximum atomic E-state index is 10.8. The van der Waals surface area contributed by atoms with Crippen molar-refractivity contribution in [2.45, 2.75) is 27.3 Å². The summed E-state index contributed by atoms with van der Waals surface area (Å²) >= 11 is 1.51. The Morgan fingerprint density at radius 2 is 2.14 bits per heavy atom. The number of benzene rings is 1. The van der Waals surface area contributed by atoms with Crippen molar-refractivity contribution in [3.63, 3.8) is 0 Å². The third-order valence-electron chi connectivity index (χ3n) is 2.95. The SMILES string of the molecule is Cc1cc([N+](=O)[O-])ccc1-c1nnc(CNCC(C)C)s1. The number of nitrogens with zero attached hydrogens (tertiary/aromatic N) is 3. The Morgan fingerprint density at radius 3 is 2.76 bits per heavy atom. The van der Waals surface area contributed by atoms with Crippen LogP contribution in [-0.4, -0.2) is 21.7 Å². The third kappa shape index (κ3) is 4.05. The number of hydrogen-bond donors (Lipinski definition) is 1. The van der Waals surface area contributed by atoms with E-state index in [2.05, 4.69) is 29.4 Å². The van der Waals surface area contributed by atoms with Crippen molar-refractivity contribution >= 4 is 17.0 Å². The summed E-state index contributed by atoms with van der Waals surface area (Å²) in [5.74, 6) is 0.592. The molecule has 0 aliphatic carbocycles. The zero-order chi connectivity index (χ0) is 15.4. The summed E-state index contributed by atoms with van der Waals surface area (Å²) in [5, 5.41) is 24.1. The molecule has 1 aromatic carbocycles. The van der Waals surface area contributed by atoms with Crippen LogP contribution in [0.2, 0.25) is 0 Å². The highest BCUT2D eigenvalue weighted by Crippen LogP contribution is 2.29. The molecule has 0 saturated carbocycles. The first-order valence-electron chi connectivity index (χ1n) is 6.76. The van der Waals surface area contributed by atoms with E-state index in [1.165, 1.54) is 17.4 Å². The van der Waals surface area contributed by atoms with E-state index in [0.717, 1.165) is 27.7 Å². The smallest absolute Gasteiger partial charge is 0.269 e. The van der Waals surface area contributed by atoms with E-state index in [0.29, 0.717) is 12.5 Å². The van der Waals surface area contributed by atoms with Crippen molar-refractivity contribution < 1.29 is 4.92 Å². The van der Waals surface area contributed by atoms with Crippen molar-refractivity contribution in [2.24, 2.45) is 5.92 Å². The topological polar surface area (TPSA) is 81.0 Å².